The highest BCUT2D eigenvalue weighted by Gasteiger charge is 2.18. The molecule has 1 aliphatic heterocycles. The predicted molar refractivity (Wildman–Crippen MR) is 75.6 cm³/mol. The van der Waals surface area contributed by atoms with Gasteiger partial charge in [0.25, 0.3) is 0 Å². The van der Waals surface area contributed by atoms with Crippen molar-refractivity contribution in [1.29, 1.82) is 0 Å². The molecule has 0 aliphatic carbocycles. The largest absolute Gasteiger partial charge is 0.399 e. The Labute approximate surface area is 110 Å². The second kappa shape index (κ2) is 6.76. The van der Waals surface area contributed by atoms with Gasteiger partial charge in [-0.05, 0) is 37.4 Å². The fourth-order valence-corrected chi connectivity index (χ4v) is 2.49. The quantitative estimate of drug-likeness (QED) is 0.813. The summed E-state index contributed by atoms with van der Waals surface area (Å²) >= 11 is 0. The lowest BCUT2D eigenvalue weighted by atomic mass is 10.1. The molecule has 2 rings (SSSR count). The Kier molecular flexibility index (Phi) is 5.02. The molecule has 1 heterocycles. The van der Waals surface area contributed by atoms with E-state index in [0.717, 1.165) is 44.8 Å². The van der Waals surface area contributed by atoms with E-state index in [1.54, 1.807) is 0 Å². The molecule has 0 radical (unpaired) electrons. The third-order valence-corrected chi connectivity index (χ3v) is 3.65. The van der Waals surface area contributed by atoms with Crippen LogP contribution in [0.1, 0.15) is 25.3 Å². The van der Waals surface area contributed by atoms with Crippen LogP contribution in [-0.2, 0) is 11.2 Å². The lowest BCUT2D eigenvalue weighted by Crippen LogP contribution is -2.42. The van der Waals surface area contributed by atoms with Gasteiger partial charge in [0, 0.05) is 18.8 Å². The van der Waals surface area contributed by atoms with Crippen LogP contribution in [0, 0.1) is 0 Å². The minimum atomic E-state index is 0.431. The zero-order valence-electron chi connectivity index (χ0n) is 11.3. The summed E-state index contributed by atoms with van der Waals surface area (Å²) < 4.78 is 5.68. The highest BCUT2D eigenvalue weighted by atomic mass is 16.5. The average molecular weight is 248 g/mol. The molecule has 1 fully saturated rings. The molecule has 1 aromatic carbocycles. The lowest BCUT2D eigenvalue weighted by Gasteiger charge is -2.32. The van der Waals surface area contributed by atoms with Crippen LogP contribution in [-0.4, -0.2) is 37.2 Å². The summed E-state index contributed by atoms with van der Waals surface area (Å²) in [5.41, 5.74) is 8.15. The number of morpholine rings is 1. The lowest BCUT2D eigenvalue weighted by molar-refractivity contribution is -0.0297. The number of rotatable bonds is 5. The summed E-state index contributed by atoms with van der Waals surface area (Å²) in [6.45, 7) is 6.38. The van der Waals surface area contributed by atoms with Crippen molar-refractivity contribution in [2.24, 2.45) is 0 Å². The normalized spacial score (nSPS) is 21.1. The number of benzene rings is 1. The van der Waals surface area contributed by atoms with Gasteiger partial charge in [-0.3, -0.25) is 4.90 Å². The summed E-state index contributed by atoms with van der Waals surface area (Å²) in [6, 6.07) is 8.17. The molecule has 1 aromatic rings. The number of ether oxygens (including phenoxy) is 1. The van der Waals surface area contributed by atoms with Gasteiger partial charge in [0.2, 0.25) is 0 Å². The number of hydrogen-bond donors (Lipinski definition) is 1. The van der Waals surface area contributed by atoms with Crippen LogP contribution in [0.15, 0.2) is 24.3 Å². The Hall–Kier alpha value is -1.06. The first-order valence-electron chi connectivity index (χ1n) is 6.97. The minimum Gasteiger partial charge on any atom is -0.399 e. The maximum absolute atomic E-state index is 5.95. The van der Waals surface area contributed by atoms with Crippen molar-refractivity contribution in [3.63, 3.8) is 0 Å². The summed E-state index contributed by atoms with van der Waals surface area (Å²) in [6.07, 6.45) is 3.79. The van der Waals surface area contributed by atoms with Gasteiger partial charge in [0.05, 0.1) is 12.7 Å². The van der Waals surface area contributed by atoms with E-state index in [-0.39, 0.29) is 0 Å². The standard InChI is InChI=1S/C15H24N2O/c1-2-14-12-17(10-11-18-14)9-5-7-13-6-3-4-8-15(13)16/h3-4,6,8,14H,2,5,7,9-12,16H2,1H3. The van der Waals surface area contributed by atoms with Gasteiger partial charge in [-0.1, -0.05) is 25.1 Å². The van der Waals surface area contributed by atoms with Crippen molar-refractivity contribution < 1.29 is 4.74 Å². The molecule has 18 heavy (non-hydrogen) atoms. The maximum Gasteiger partial charge on any atom is 0.0700 e. The van der Waals surface area contributed by atoms with E-state index in [2.05, 4.69) is 24.0 Å². The first-order chi connectivity index (χ1) is 8.79. The number of nitrogens with zero attached hydrogens (tertiary/aromatic N) is 1. The number of nitrogens with two attached hydrogens (primary N) is 1. The maximum atomic E-state index is 5.95. The first kappa shape index (κ1) is 13.4. The number of para-hydroxylation sites is 1. The third-order valence-electron chi connectivity index (χ3n) is 3.65. The second-order valence-corrected chi connectivity index (χ2v) is 5.00. The van der Waals surface area contributed by atoms with Gasteiger partial charge in [-0.15, -0.1) is 0 Å². The van der Waals surface area contributed by atoms with E-state index in [4.69, 9.17) is 10.5 Å². The highest BCUT2D eigenvalue weighted by Crippen LogP contribution is 2.14. The SMILES string of the molecule is CCC1CN(CCCc2ccccc2N)CCO1. The third kappa shape index (κ3) is 3.72. The molecule has 3 nitrogen and oxygen atoms in total. The van der Waals surface area contributed by atoms with Crippen molar-refractivity contribution in [3.8, 4) is 0 Å². The number of nitrogen functional groups attached to an aromatic ring is 1. The predicted octanol–water partition coefficient (Wildman–Crippen LogP) is 2.31. The van der Waals surface area contributed by atoms with Crippen LogP contribution in [0.3, 0.4) is 0 Å². The summed E-state index contributed by atoms with van der Waals surface area (Å²) in [7, 11) is 0. The summed E-state index contributed by atoms with van der Waals surface area (Å²) in [5, 5.41) is 0. The van der Waals surface area contributed by atoms with Crippen LogP contribution >= 0.6 is 0 Å². The average Bonchev–Trinajstić information content (AvgIpc) is 2.41. The smallest absolute Gasteiger partial charge is 0.0700 e. The summed E-state index contributed by atoms with van der Waals surface area (Å²) in [4.78, 5) is 2.51. The Balaban J connectivity index is 1.73. The number of anilines is 1. The number of hydrogen-bond acceptors (Lipinski definition) is 3. The van der Waals surface area contributed by atoms with Crippen LogP contribution < -0.4 is 5.73 Å². The van der Waals surface area contributed by atoms with Crippen molar-refractivity contribution >= 4 is 5.69 Å². The van der Waals surface area contributed by atoms with E-state index in [0.29, 0.717) is 6.10 Å². The van der Waals surface area contributed by atoms with Crippen molar-refractivity contribution in [3.05, 3.63) is 29.8 Å². The van der Waals surface area contributed by atoms with Crippen molar-refractivity contribution in [1.82, 2.24) is 4.90 Å². The van der Waals surface area contributed by atoms with Crippen LogP contribution in [0.4, 0.5) is 5.69 Å². The molecule has 3 heteroatoms. The van der Waals surface area contributed by atoms with Gasteiger partial charge in [0.15, 0.2) is 0 Å². The molecule has 0 bridgehead atoms. The molecule has 1 unspecified atom stereocenters. The van der Waals surface area contributed by atoms with Gasteiger partial charge in [-0.2, -0.15) is 0 Å². The summed E-state index contributed by atoms with van der Waals surface area (Å²) in [5.74, 6) is 0. The fourth-order valence-electron chi connectivity index (χ4n) is 2.49. The molecular formula is C15H24N2O. The Morgan fingerprint density at radius 2 is 2.22 bits per heavy atom. The van der Waals surface area contributed by atoms with Crippen molar-refractivity contribution in [2.75, 3.05) is 32.0 Å². The van der Waals surface area contributed by atoms with E-state index in [1.165, 1.54) is 12.0 Å². The van der Waals surface area contributed by atoms with Crippen LogP contribution in [0.25, 0.3) is 0 Å². The molecule has 0 spiro atoms. The zero-order chi connectivity index (χ0) is 12.8. The molecular weight excluding hydrogens is 224 g/mol. The van der Waals surface area contributed by atoms with E-state index < -0.39 is 0 Å². The minimum absolute atomic E-state index is 0.431. The van der Waals surface area contributed by atoms with Gasteiger partial charge in [0.1, 0.15) is 0 Å². The van der Waals surface area contributed by atoms with Crippen LogP contribution in [0.2, 0.25) is 0 Å². The molecule has 100 valence electrons. The molecule has 0 aromatic heterocycles. The second-order valence-electron chi connectivity index (χ2n) is 5.00. The Bertz CT molecular complexity index is 367. The topological polar surface area (TPSA) is 38.5 Å². The Morgan fingerprint density at radius 1 is 1.39 bits per heavy atom. The molecule has 0 saturated carbocycles. The fraction of sp³-hybridized carbons (Fsp3) is 0.600. The molecule has 1 aliphatic rings. The molecule has 0 amide bonds. The van der Waals surface area contributed by atoms with Crippen molar-refractivity contribution in [2.45, 2.75) is 32.3 Å². The molecule has 1 atom stereocenters. The van der Waals surface area contributed by atoms with Crippen LogP contribution in [0.5, 0.6) is 0 Å². The van der Waals surface area contributed by atoms with Gasteiger partial charge in [-0.25, -0.2) is 0 Å². The van der Waals surface area contributed by atoms with E-state index >= 15 is 0 Å². The van der Waals surface area contributed by atoms with E-state index in [9.17, 15) is 0 Å². The van der Waals surface area contributed by atoms with Gasteiger partial charge >= 0.3 is 0 Å². The van der Waals surface area contributed by atoms with E-state index in [1.807, 2.05) is 12.1 Å². The molecule has 1 saturated heterocycles. The zero-order valence-corrected chi connectivity index (χ0v) is 11.3. The first-order valence-corrected chi connectivity index (χ1v) is 6.97. The molecule has 2 N–H and O–H groups in total. The number of aryl methyl sites for hydroxylation is 1. The monoisotopic (exact) mass is 248 g/mol. The van der Waals surface area contributed by atoms with Gasteiger partial charge < -0.3 is 10.5 Å². The highest BCUT2D eigenvalue weighted by molar-refractivity contribution is 5.46. The Morgan fingerprint density at radius 3 is 3.00 bits per heavy atom.